The third-order valence-electron chi connectivity index (χ3n) is 10.9. The fourth-order valence-electron chi connectivity index (χ4n) is 8.44. The minimum Gasteiger partial charge on any atom is -0.508 e. The van der Waals surface area contributed by atoms with E-state index in [4.69, 9.17) is 34.8 Å². The molecule has 16 heteroatoms. The maximum Gasteiger partial charge on any atom is 0.258 e. The molecule has 1 saturated carbocycles. The Bertz CT molecular complexity index is 2420. The van der Waals surface area contributed by atoms with Crippen molar-refractivity contribution in [3.05, 3.63) is 135 Å². The van der Waals surface area contributed by atoms with E-state index >= 15 is 8.78 Å². The zero-order valence-corrected chi connectivity index (χ0v) is 29.9. The molecule has 6 unspecified atom stereocenters. The average molecular weight is 816 g/mol. The number of allylic oxidation sites excluding steroid dienone is 2. The molecule has 0 bridgehead atoms. The quantitative estimate of drug-likeness (QED) is 0.0420. The lowest BCUT2D eigenvalue weighted by Crippen LogP contribution is -2.60. The van der Waals surface area contributed by atoms with Gasteiger partial charge in [0.15, 0.2) is 38.8 Å². The predicted octanol–water partition coefficient (Wildman–Crippen LogP) is 7.74. The minimum absolute atomic E-state index is 0.00877. The molecule has 4 aliphatic rings. The highest BCUT2D eigenvalue weighted by atomic mass is 35.5. The highest BCUT2D eigenvalue weighted by molar-refractivity contribution is 6.58. The number of hydrogen-bond acceptors (Lipinski definition) is 6. The summed E-state index contributed by atoms with van der Waals surface area (Å²) in [5, 5.41) is 11.1. The molecule has 55 heavy (non-hydrogen) atoms. The first kappa shape index (κ1) is 36.8. The lowest BCUT2D eigenvalue weighted by molar-refractivity contribution is -0.125. The van der Waals surface area contributed by atoms with E-state index in [9.17, 15) is 42.3 Å². The Labute approximate surface area is 322 Å². The van der Waals surface area contributed by atoms with Crippen molar-refractivity contribution in [1.82, 2.24) is 0 Å². The normalized spacial score (nSPS) is 27.2. The third-order valence-corrected chi connectivity index (χ3v) is 12.6. The predicted molar refractivity (Wildman–Crippen MR) is 188 cm³/mol. The molecule has 4 amide bonds. The molecule has 4 aromatic carbocycles. The van der Waals surface area contributed by atoms with Crippen LogP contribution in [0.4, 0.5) is 33.3 Å². The van der Waals surface area contributed by atoms with Crippen LogP contribution in [0.5, 0.6) is 5.75 Å². The van der Waals surface area contributed by atoms with E-state index in [2.05, 4.69) is 0 Å². The van der Waals surface area contributed by atoms with Gasteiger partial charge < -0.3 is 5.11 Å². The summed E-state index contributed by atoms with van der Waals surface area (Å²) in [4.78, 5) is 65.1. The molecule has 8 nitrogen and oxygen atoms in total. The smallest absolute Gasteiger partial charge is 0.258 e. The van der Waals surface area contributed by atoms with Gasteiger partial charge in [-0.3, -0.25) is 28.9 Å². The number of carbonyl (C=O) groups is 5. The molecule has 2 saturated heterocycles. The van der Waals surface area contributed by atoms with Crippen molar-refractivity contribution in [2.75, 3.05) is 9.80 Å². The SMILES string of the molecule is O=C(c1ccccc1)c1ccc(N2C(=O)C3CC=C4C(CC5(Cl)C(=O)N(c6c(F)c(F)c(F)c(F)c6F)C(=O)C5(Cl)C4c4cc(Cl)ccc4O)C3C2=O)cc1. The van der Waals surface area contributed by atoms with Gasteiger partial charge in [-0.1, -0.05) is 53.6 Å². The Morgan fingerprint density at radius 2 is 1.33 bits per heavy atom. The van der Waals surface area contributed by atoms with Gasteiger partial charge in [-0.2, -0.15) is 0 Å². The first-order valence-corrected chi connectivity index (χ1v) is 17.7. The van der Waals surface area contributed by atoms with Crippen LogP contribution < -0.4 is 9.80 Å². The monoisotopic (exact) mass is 814 g/mol. The molecule has 2 aliphatic heterocycles. The number of ketones is 1. The maximum absolute atomic E-state index is 15.3. The number of hydrogen-bond donors (Lipinski definition) is 1. The Kier molecular flexibility index (Phi) is 8.52. The van der Waals surface area contributed by atoms with Gasteiger partial charge in [-0.05, 0) is 61.2 Å². The number of halogens is 8. The molecule has 2 heterocycles. The van der Waals surface area contributed by atoms with Gasteiger partial charge in [0.25, 0.3) is 11.8 Å². The van der Waals surface area contributed by atoms with E-state index in [0.717, 1.165) is 11.0 Å². The highest BCUT2D eigenvalue weighted by Crippen LogP contribution is 2.67. The van der Waals surface area contributed by atoms with Crippen molar-refractivity contribution in [3.63, 3.8) is 0 Å². The van der Waals surface area contributed by atoms with E-state index in [1.165, 1.54) is 42.5 Å². The van der Waals surface area contributed by atoms with Crippen molar-refractivity contribution in [2.24, 2.45) is 17.8 Å². The Morgan fingerprint density at radius 1 is 0.727 bits per heavy atom. The molecule has 3 fully saturated rings. The second kappa shape index (κ2) is 12.7. The van der Waals surface area contributed by atoms with Crippen molar-refractivity contribution in [1.29, 1.82) is 0 Å². The number of rotatable bonds is 5. The number of aromatic hydroxyl groups is 1. The number of phenolic OH excluding ortho intramolecular Hbond substituents is 1. The van der Waals surface area contributed by atoms with Gasteiger partial charge in [0, 0.05) is 27.6 Å². The lowest BCUT2D eigenvalue weighted by atomic mass is 9.56. The van der Waals surface area contributed by atoms with Gasteiger partial charge in [-0.15, -0.1) is 23.2 Å². The highest BCUT2D eigenvalue weighted by Gasteiger charge is 2.77. The van der Waals surface area contributed by atoms with Crippen molar-refractivity contribution >= 4 is 75.6 Å². The molecule has 0 aromatic heterocycles. The van der Waals surface area contributed by atoms with E-state index in [0.29, 0.717) is 5.56 Å². The van der Waals surface area contributed by atoms with Crippen LogP contribution in [-0.2, 0) is 19.2 Å². The van der Waals surface area contributed by atoms with Crippen LogP contribution in [-0.4, -0.2) is 44.3 Å². The van der Waals surface area contributed by atoms with E-state index in [1.54, 1.807) is 30.3 Å². The van der Waals surface area contributed by atoms with Gasteiger partial charge in [0.1, 0.15) is 11.4 Å². The zero-order chi connectivity index (χ0) is 39.5. The topological polar surface area (TPSA) is 112 Å². The fraction of sp³-hybridized carbons (Fsp3) is 0.205. The van der Waals surface area contributed by atoms with Crippen molar-refractivity contribution in [2.45, 2.75) is 28.5 Å². The number of phenols is 1. The van der Waals surface area contributed by atoms with Crippen LogP contribution in [0, 0.1) is 46.8 Å². The molecule has 0 spiro atoms. The maximum atomic E-state index is 15.3. The first-order valence-electron chi connectivity index (χ1n) is 16.6. The summed E-state index contributed by atoms with van der Waals surface area (Å²) in [6.07, 6.45) is 0.648. The van der Waals surface area contributed by atoms with Gasteiger partial charge in [0.2, 0.25) is 17.6 Å². The van der Waals surface area contributed by atoms with Crippen LogP contribution in [0.1, 0.15) is 40.2 Å². The van der Waals surface area contributed by atoms with Crippen molar-refractivity contribution < 1.29 is 51.0 Å². The standard InChI is InChI=1S/C39H22Cl3F5N2O6/c40-18-8-13-24(50)22(14-18)26-20-11-12-21-25(35(53)48(34(21)52)19-9-6-17(7-10-19)33(51)16-4-2-1-3-5-16)23(20)15-38(41)36(54)49(37(55)39(26,38)42)32-30(46)28(44)27(43)29(45)31(32)47/h1-11,13-14,21,23,25-26,50H,12,15H2. The van der Waals surface area contributed by atoms with Crippen LogP contribution >= 0.6 is 34.8 Å². The summed E-state index contributed by atoms with van der Waals surface area (Å²) in [6, 6.07) is 17.7. The van der Waals surface area contributed by atoms with Crippen LogP contribution in [0.25, 0.3) is 0 Å². The van der Waals surface area contributed by atoms with Crippen molar-refractivity contribution in [3.8, 4) is 5.75 Å². The number of nitrogens with zero attached hydrogens (tertiary/aromatic N) is 2. The molecule has 2 aliphatic carbocycles. The lowest BCUT2D eigenvalue weighted by Gasteiger charge is -2.50. The Balaban J connectivity index is 1.24. The van der Waals surface area contributed by atoms with Crippen LogP contribution in [0.3, 0.4) is 0 Å². The number of imide groups is 2. The molecule has 1 N–H and O–H groups in total. The molecule has 0 radical (unpaired) electrons. The molecule has 6 atom stereocenters. The number of alkyl halides is 2. The Hall–Kier alpha value is -5.11. The van der Waals surface area contributed by atoms with Gasteiger partial charge in [-0.25, -0.2) is 26.9 Å². The summed E-state index contributed by atoms with van der Waals surface area (Å²) >= 11 is 20.5. The number of amides is 4. The largest absolute Gasteiger partial charge is 0.508 e. The number of anilines is 2. The van der Waals surface area contributed by atoms with Crippen LogP contribution in [0.15, 0.2) is 84.4 Å². The summed E-state index contributed by atoms with van der Waals surface area (Å²) in [5.41, 5.74) is -1.19. The fourth-order valence-corrected chi connectivity index (χ4v) is 9.55. The summed E-state index contributed by atoms with van der Waals surface area (Å²) in [5.74, 6) is -23.3. The van der Waals surface area contributed by atoms with E-state index in [1.807, 2.05) is 0 Å². The van der Waals surface area contributed by atoms with Crippen LogP contribution in [0.2, 0.25) is 5.02 Å². The molecular weight excluding hydrogens is 794 g/mol. The first-order chi connectivity index (χ1) is 26.0. The zero-order valence-electron chi connectivity index (χ0n) is 27.6. The minimum atomic E-state index is -2.82. The second-order valence-electron chi connectivity index (χ2n) is 13.6. The second-order valence-corrected chi connectivity index (χ2v) is 15.3. The average Bonchev–Trinajstić information content (AvgIpc) is 3.52. The number of benzene rings is 4. The number of fused-ring (bicyclic) bond motifs is 4. The Morgan fingerprint density at radius 3 is 1.96 bits per heavy atom. The summed E-state index contributed by atoms with van der Waals surface area (Å²) in [7, 11) is 0. The summed E-state index contributed by atoms with van der Waals surface area (Å²) < 4.78 is 73.5. The van der Waals surface area contributed by atoms with Gasteiger partial charge >= 0.3 is 0 Å². The molecule has 8 rings (SSSR count). The summed E-state index contributed by atoms with van der Waals surface area (Å²) in [6.45, 7) is 0. The van der Waals surface area contributed by atoms with E-state index in [-0.39, 0.29) is 44.5 Å². The molecule has 280 valence electrons. The molecule has 4 aromatic rings. The third kappa shape index (κ3) is 4.98. The molecular formula is C39H22Cl3F5N2O6. The number of carbonyl (C=O) groups excluding carboxylic acids is 5. The van der Waals surface area contributed by atoms with E-state index < -0.39 is 104 Å². The van der Waals surface area contributed by atoms with Gasteiger partial charge in [0.05, 0.1) is 17.5 Å².